The van der Waals surface area contributed by atoms with Gasteiger partial charge in [0.05, 0.1) is 11.0 Å². The zero-order valence-corrected chi connectivity index (χ0v) is 18.9. The lowest BCUT2D eigenvalue weighted by molar-refractivity contribution is -0.207. The lowest BCUT2D eigenvalue weighted by Gasteiger charge is -2.62. The largest absolute Gasteiger partial charge is 0.481 e. The number of thioether (sulfide) groups is 1. The SMILES string of the molecule is CC(=O)SC1CC2=CC(=O)C=C[C@@]23COC(=O)[C@]24CCC3[C@@H]1[C@@H]2CC[C@@]4(O)CCC(=O)O. The number of ketones is 1. The van der Waals surface area contributed by atoms with Crippen LogP contribution in [-0.4, -0.2) is 50.5 Å². The van der Waals surface area contributed by atoms with E-state index in [1.165, 1.54) is 18.7 Å². The summed E-state index contributed by atoms with van der Waals surface area (Å²) in [6, 6.07) is 0. The number of hydrogen-bond acceptors (Lipinski definition) is 7. The molecule has 0 aromatic rings. The Balaban J connectivity index is 1.63. The summed E-state index contributed by atoms with van der Waals surface area (Å²) < 4.78 is 5.90. The second kappa shape index (κ2) is 7.29. The number of hydrogen-bond donors (Lipinski definition) is 2. The minimum Gasteiger partial charge on any atom is -0.481 e. The summed E-state index contributed by atoms with van der Waals surface area (Å²) in [5.74, 6) is -1.63. The molecule has 7 atom stereocenters. The standard InChI is InChI=1S/C24H28O7S/c1-13(25)32-18-11-14-10-15(26)2-6-22(14)12-31-21(29)24-9-4-16(22)20(18)17(24)3-7-23(24,30)8-5-19(27)28/h2,6,10,16-18,20,30H,3-5,7-9,11-12H2,1H3,(H,27,28)/t16?,17-,18?,20+,22+,23+,24-/m0/s1. The molecule has 2 unspecified atom stereocenters. The van der Waals surface area contributed by atoms with Crippen LogP contribution in [0.15, 0.2) is 23.8 Å². The number of aliphatic hydroxyl groups is 1. The first-order valence-corrected chi connectivity index (χ1v) is 12.2. The molecular formula is C24H28O7S. The fourth-order valence-corrected chi connectivity index (χ4v) is 9.00. The van der Waals surface area contributed by atoms with Crippen molar-refractivity contribution in [3.63, 3.8) is 0 Å². The average Bonchev–Trinajstić information content (AvgIpc) is 3.03. The smallest absolute Gasteiger partial charge is 0.315 e. The number of aliphatic carboxylic acids is 1. The van der Waals surface area contributed by atoms with E-state index in [4.69, 9.17) is 4.74 Å². The van der Waals surface area contributed by atoms with Crippen molar-refractivity contribution in [3.8, 4) is 0 Å². The second-order valence-corrected chi connectivity index (χ2v) is 11.6. The van der Waals surface area contributed by atoms with E-state index in [1.54, 1.807) is 12.2 Å². The fourth-order valence-electron chi connectivity index (χ4n) is 7.78. The van der Waals surface area contributed by atoms with Crippen LogP contribution in [0, 0.1) is 28.6 Å². The van der Waals surface area contributed by atoms with Gasteiger partial charge < -0.3 is 14.9 Å². The van der Waals surface area contributed by atoms with Crippen molar-refractivity contribution in [1.29, 1.82) is 0 Å². The molecule has 0 aromatic heterocycles. The Bertz CT molecular complexity index is 969. The van der Waals surface area contributed by atoms with E-state index in [-0.39, 0.29) is 53.4 Å². The van der Waals surface area contributed by atoms with Gasteiger partial charge in [-0.25, -0.2) is 0 Å². The molecule has 0 amide bonds. The fraction of sp³-hybridized carbons (Fsp3) is 0.667. The minimum atomic E-state index is -1.43. The normalized spacial score (nSPS) is 44.1. The van der Waals surface area contributed by atoms with Crippen molar-refractivity contribution in [3.05, 3.63) is 23.8 Å². The Morgan fingerprint density at radius 3 is 2.69 bits per heavy atom. The van der Waals surface area contributed by atoms with Crippen LogP contribution in [-0.2, 0) is 23.9 Å². The van der Waals surface area contributed by atoms with E-state index in [2.05, 4.69) is 0 Å². The molecule has 2 spiro atoms. The number of carbonyl (C=O) groups is 4. The molecular weight excluding hydrogens is 432 g/mol. The molecule has 3 saturated carbocycles. The zero-order chi connectivity index (χ0) is 22.9. The van der Waals surface area contributed by atoms with E-state index in [9.17, 15) is 29.4 Å². The van der Waals surface area contributed by atoms with Crippen LogP contribution in [0.5, 0.6) is 0 Å². The number of carbonyl (C=O) groups excluding carboxylic acids is 3. The third-order valence-electron chi connectivity index (χ3n) is 8.96. The molecule has 5 fully saturated rings. The molecule has 0 radical (unpaired) electrons. The van der Waals surface area contributed by atoms with Crippen LogP contribution in [0.2, 0.25) is 0 Å². The van der Waals surface area contributed by atoms with E-state index in [1.807, 2.05) is 6.08 Å². The Morgan fingerprint density at radius 1 is 1.22 bits per heavy atom. The summed E-state index contributed by atoms with van der Waals surface area (Å²) in [4.78, 5) is 49.3. The van der Waals surface area contributed by atoms with Gasteiger partial charge in [-0.3, -0.25) is 19.2 Å². The number of ether oxygens (including phenoxy) is 1. The minimum absolute atomic E-state index is 0.000597. The molecule has 4 aliphatic carbocycles. The Hall–Kier alpha value is -1.93. The first kappa shape index (κ1) is 21.9. The van der Waals surface area contributed by atoms with Gasteiger partial charge in [0.25, 0.3) is 0 Å². The van der Waals surface area contributed by atoms with Crippen molar-refractivity contribution in [2.24, 2.45) is 28.6 Å². The van der Waals surface area contributed by atoms with Gasteiger partial charge in [0.2, 0.25) is 0 Å². The predicted molar refractivity (Wildman–Crippen MR) is 115 cm³/mol. The number of carboxylic acid groups (broad SMARTS) is 1. The predicted octanol–water partition coefficient (Wildman–Crippen LogP) is 2.67. The molecule has 172 valence electrons. The highest BCUT2D eigenvalue weighted by atomic mass is 32.2. The maximum absolute atomic E-state index is 13.7. The molecule has 0 aromatic carbocycles. The van der Waals surface area contributed by atoms with E-state index in [0.717, 1.165) is 5.57 Å². The maximum atomic E-state index is 13.7. The number of carboxylic acids is 1. The molecule has 2 N–H and O–H groups in total. The molecule has 4 bridgehead atoms. The van der Waals surface area contributed by atoms with Gasteiger partial charge in [0, 0.05) is 24.0 Å². The molecule has 2 heterocycles. The summed E-state index contributed by atoms with van der Waals surface area (Å²) in [6.07, 6.45) is 7.54. The van der Waals surface area contributed by atoms with Gasteiger partial charge in [-0.15, -0.1) is 0 Å². The van der Waals surface area contributed by atoms with Crippen molar-refractivity contribution >= 4 is 34.6 Å². The molecule has 6 aliphatic rings. The highest BCUT2D eigenvalue weighted by Gasteiger charge is 2.73. The lowest BCUT2D eigenvalue weighted by atomic mass is 9.45. The molecule has 32 heavy (non-hydrogen) atoms. The summed E-state index contributed by atoms with van der Waals surface area (Å²) in [5, 5.41) is 20.9. The van der Waals surface area contributed by atoms with Gasteiger partial charge >= 0.3 is 11.9 Å². The summed E-state index contributed by atoms with van der Waals surface area (Å²) in [6.45, 7) is 1.65. The maximum Gasteiger partial charge on any atom is 0.315 e. The Morgan fingerprint density at radius 2 is 1.97 bits per heavy atom. The summed E-state index contributed by atoms with van der Waals surface area (Å²) >= 11 is 1.28. The number of fused-ring (bicyclic) bond motifs is 3. The average molecular weight is 461 g/mol. The van der Waals surface area contributed by atoms with Crippen LogP contribution in [0.25, 0.3) is 0 Å². The van der Waals surface area contributed by atoms with Crippen LogP contribution in [0.3, 0.4) is 0 Å². The van der Waals surface area contributed by atoms with E-state index >= 15 is 0 Å². The molecule has 6 rings (SSSR count). The van der Waals surface area contributed by atoms with Crippen LogP contribution in [0.1, 0.15) is 51.9 Å². The second-order valence-electron chi connectivity index (χ2n) is 10.1. The van der Waals surface area contributed by atoms with Crippen molar-refractivity contribution < 1.29 is 34.1 Å². The van der Waals surface area contributed by atoms with Gasteiger partial charge in [-0.2, -0.15) is 0 Å². The van der Waals surface area contributed by atoms with Crippen molar-refractivity contribution in [2.75, 3.05) is 6.61 Å². The highest BCUT2D eigenvalue weighted by Crippen LogP contribution is 2.70. The topological polar surface area (TPSA) is 118 Å². The number of rotatable bonds is 4. The van der Waals surface area contributed by atoms with Gasteiger partial charge in [0.15, 0.2) is 10.9 Å². The van der Waals surface area contributed by atoms with Crippen molar-refractivity contribution in [1.82, 2.24) is 0 Å². The molecule has 8 heteroatoms. The van der Waals surface area contributed by atoms with Gasteiger partial charge in [-0.05, 0) is 68.4 Å². The summed E-state index contributed by atoms with van der Waals surface area (Å²) in [5.41, 5.74) is -2.18. The third-order valence-corrected chi connectivity index (χ3v) is 10.1. The van der Waals surface area contributed by atoms with Crippen LogP contribution < -0.4 is 0 Å². The first-order valence-electron chi connectivity index (χ1n) is 11.4. The Labute approximate surface area is 190 Å². The van der Waals surface area contributed by atoms with Crippen LogP contribution in [0.4, 0.5) is 0 Å². The van der Waals surface area contributed by atoms with E-state index in [0.29, 0.717) is 32.1 Å². The van der Waals surface area contributed by atoms with Gasteiger partial charge in [0.1, 0.15) is 6.61 Å². The van der Waals surface area contributed by atoms with Crippen molar-refractivity contribution in [2.45, 2.75) is 62.7 Å². The molecule has 2 saturated heterocycles. The molecule has 7 nitrogen and oxygen atoms in total. The van der Waals surface area contributed by atoms with E-state index < -0.39 is 28.4 Å². The monoisotopic (exact) mass is 460 g/mol. The first-order chi connectivity index (χ1) is 15.1. The zero-order valence-electron chi connectivity index (χ0n) is 18.0. The highest BCUT2D eigenvalue weighted by molar-refractivity contribution is 8.14. The lowest BCUT2D eigenvalue weighted by Crippen LogP contribution is -2.65. The quantitative estimate of drug-likeness (QED) is 0.615. The number of esters is 1. The van der Waals surface area contributed by atoms with Crippen LogP contribution >= 0.6 is 11.8 Å². The molecule has 2 aliphatic heterocycles. The summed E-state index contributed by atoms with van der Waals surface area (Å²) in [7, 11) is 0. The number of allylic oxidation sites excluding steroid dienone is 2. The van der Waals surface area contributed by atoms with Gasteiger partial charge in [-0.1, -0.05) is 23.4 Å². The Kier molecular flexibility index (Phi) is 4.98. The third kappa shape index (κ3) is 2.84.